The second-order valence-electron chi connectivity index (χ2n) is 10.2. The number of piperazine rings is 1. The van der Waals surface area contributed by atoms with Gasteiger partial charge in [-0.25, -0.2) is 9.37 Å². The lowest BCUT2D eigenvalue weighted by molar-refractivity contribution is 0.0950. The van der Waals surface area contributed by atoms with Gasteiger partial charge in [0, 0.05) is 52.9 Å². The summed E-state index contributed by atoms with van der Waals surface area (Å²) in [7, 11) is 1.70. The van der Waals surface area contributed by atoms with Crippen LogP contribution in [0.5, 0.6) is 5.75 Å². The number of piperidine rings is 1. The third-order valence-corrected chi connectivity index (χ3v) is 7.96. The molecule has 2 saturated heterocycles. The van der Waals surface area contributed by atoms with E-state index in [2.05, 4.69) is 37.1 Å². The minimum atomic E-state index is -0.328. The molecule has 3 aromatic rings. The summed E-state index contributed by atoms with van der Waals surface area (Å²) >= 11 is 6.57. The van der Waals surface area contributed by atoms with Crippen molar-refractivity contribution < 1.29 is 15.3 Å². The summed E-state index contributed by atoms with van der Waals surface area (Å²) in [5, 5.41) is 3.27. The van der Waals surface area contributed by atoms with E-state index in [9.17, 15) is 9.18 Å². The minimum Gasteiger partial charge on any atom is -0.497 e. The second kappa shape index (κ2) is 12.8. The largest absolute Gasteiger partial charge is 0.497 e. The summed E-state index contributed by atoms with van der Waals surface area (Å²) in [4.78, 5) is 24.4. The van der Waals surface area contributed by atoms with Gasteiger partial charge in [-0.1, -0.05) is 35.9 Å². The molecule has 0 bridgehead atoms. The molecular formula is C30H37ClFN5O2. The van der Waals surface area contributed by atoms with Gasteiger partial charge in [0.2, 0.25) is 0 Å². The number of hydrogen-bond acceptors (Lipinski definition) is 6. The molecule has 0 saturated carbocycles. The number of benzene rings is 2. The fourth-order valence-electron chi connectivity index (χ4n) is 5.45. The van der Waals surface area contributed by atoms with Crippen LogP contribution in [0, 0.1) is 5.82 Å². The fraction of sp³-hybridized carbons (Fsp3) is 0.400. The van der Waals surface area contributed by atoms with Gasteiger partial charge >= 0.3 is 0 Å². The molecule has 0 unspecified atom stereocenters. The first-order chi connectivity index (χ1) is 19.0. The number of amides is 1. The maximum absolute atomic E-state index is 13.4. The molecule has 0 radical (unpaired) electrons. The van der Waals surface area contributed by atoms with E-state index >= 15 is 0 Å². The molecule has 39 heavy (non-hydrogen) atoms. The second-order valence-corrected chi connectivity index (χ2v) is 10.6. The zero-order valence-electron chi connectivity index (χ0n) is 22.3. The van der Waals surface area contributed by atoms with Gasteiger partial charge in [0.1, 0.15) is 17.4 Å². The molecule has 0 spiro atoms. The molecule has 2 aliphatic rings. The monoisotopic (exact) mass is 553 g/mol. The van der Waals surface area contributed by atoms with E-state index < -0.39 is 0 Å². The zero-order chi connectivity index (χ0) is 27.2. The lowest BCUT2D eigenvalue weighted by atomic mass is 10.0. The van der Waals surface area contributed by atoms with E-state index in [1.165, 1.54) is 30.5 Å². The van der Waals surface area contributed by atoms with E-state index in [4.69, 9.17) is 16.3 Å². The summed E-state index contributed by atoms with van der Waals surface area (Å²) in [6.07, 6.45) is 3.91. The Hall–Kier alpha value is -3.20. The molecule has 1 amide bonds. The van der Waals surface area contributed by atoms with Gasteiger partial charge in [0.15, 0.2) is 0 Å². The average Bonchev–Trinajstić information content (AvgIpc) is 2.97. The van der Waals surface area contributed by atoms with Gasteiger partial charge in [-0.2, -0.15) is 0 Å². The standard InChI is InChI=1S/C30H35ClFN5O2.H2/c1-39-27-7-5-22(6-8-27)21-35-11-9-26(10-12-35)36-13-15-37(16-14-36)29-28(31)18-24(20-33-29)30(38)34-19-23-3-2-4-25(32)17-23;/h2-8,17-18,20,26H,9-16,19,21H2,1H3,(H,34,38);1H. The number of nitrogens with zero attached hydrogens (tertiary/aromatic N) is 4. The average molecular weight is 554 g/mol. The summed E-state index contributed by atoms with van der Waals surface area (Å²) in [6.45, 7) is 7.06. The summed E-state index contributed by atoms with van der Waals surface area (Å²) < 4.78 is 18.6. The van der Waals surface area contributed by atoms with Crippen molar-refractivity contribution >= 4 is 23.3 Å². The van der Waals surface area contributed by atoms with Crippen LogP contribution >= 0.6 is 11.6 Å². The van der Waals surface area contributed by atoms with Crippen molar-refractivity contribution in [1.82, 2.24) is 20.1 Å². The van der Waals surface area contributed by atoms with Crippen molar-refractivity contribution in [2.24, 2.45) is 0 Å². The van der Waals surface area contributed by atoms with Gasteiger partial charge in [0.05, 0.1) is 17.7 Å². The van der Waals surface area contributed by atoms with E-state index in [0.29, 0.717) is 28.0 Å². The van der Waals surface area contributed by atoms with Crippen LogP contribution in [0.3, 0.4) is 0 Å². The van der Waals surface area contributed by atoms with Crippen molar-refractivity contribution in [3.05, 3.63) is 88.3 Å². The van der Waals surface area contributed by atoms with Crippen molar-refractivity contribution in [2.75, 3.05) is 51.3 Å². The number of hydrogen-bond donors (Lipinski definition) is 1. The van der Waals surface area contributed by atoms with E-state index in [1.54, 1.807) is 31.5 Å². The van der Waals surface area contributed by atoms with Crippen molar-refractivity contribution in [3.63, 3.8) is 0 Å². The number of aromatic nitrogens is 1. The molecule has 9 heteroatoms. The highest BCUT2D eigenvalue weighted by molar-refractivity contribution is 6.33. The number of methoxy groups -OCH3 is 1. The summed E-state index contributed by atoms with van der Waals surface area (Å²) in [5.41, 5.74) is 2.40. The Morgan fingerprint density at radius 3 is 2.46 bits per heavy atom. The number of halogens is 2. The molecule has 5 rings (SSSR count). The highest BCUT2D eigenvalue weighted by Crippen LogP contribution is 2.27. The Labute approximate surface area is 236 Å². The molecule has 2 aliphatic heterocycles. The molecule has 1 N–H and O–H groups in total. The van der Waals surface area contributed by atoms with Crippen molar-refractivity contribution in [3.8, 4) is 5.75 Å². The predicted molar refractivity (Wildman–Crippen MR) is 154 cm³/mol. The SMILES string of the molecule is COc1ccc(CN2CCC(N3CCN(c4ncc(C(=O)NCc5cccc(F)c5)cc4Cl)CC3)CC2)cc1.[HH]. The first kappa shape index (κ1) is 27.4. The Bertz CT molecular complexity index is 1270. The Balaban J connectivity index is 0.00000370. The van der Waals surface area contributed by atoms with Crippen LogP contribution in [-0.2, 0) is 13.1 Å². The molecule has 208 valence electrons. The third-order valence-electron chi connectivity index (χ3n) is 7.68. The number of carbonyl (C=O) groups is 1. The molecule has 2 fully saturated rings. The molecule has 2 aromatic carbocycles. The van der Waals surface area contributed by atoms with E-state index in [1.807, 2.05) is 12.1 Å². The Kier molecular flexibility index (Phi) is 8.96. The molecule has 1 aromatic heterocycles. The van der Waals surface area contributed by atoms with Crippen molar-refractivity contribution in [2.45, 2.75) is 32.0 Å². The Morgan fingerprint density at radius 1 is 1.05 bits per heavy atom. The van der Waals surface area contributed by atoms with Crippen LogP contribution < -0.4 is 15.0 Å². The highest BCUT2D eigenvalue weighted by Gasteiger charge is 2.28. The van der Waals surface area contributed by atoms with Crippen LogP contribution in [0.1, 0.15) is 35.8 Å². The van der Waals surface area contributed by atoms with Gasteiger partial charge in [-0.15, -0.1) is 0 Å². The molecule has 3 heterocycles. The first-order valence-electron chi connectivity index (χ1n) is 13.5. The number of ether oxygens (including phenoxy) is 1. The molecule has 7 nitrogen and oxygen atoms in total. The third kappa shape index (κ3) is 7.06. The highest BCUT2D eigenvalue weighted by atomic mass is 35.5. The lowest BCUT2D eigenvalue weighted by Crippen LogP contribution is -2.53. The zero-order valence-corrected chi connectivity index (χ0v) is 23.0. The Morgan fingerprint density at radius 2 is 1.79 bits per heavy atom. The smallest absolute Gasteiger partial charge is 0.253 e. The summed E-state index contributed by atoms with van der Waals surface area (Å²) in [6, 6.07) is 16.8. The quantitative estimate of drug-likeness (QED) is 0.430. The van der Waals surface area contributed by atoms with Gasteiger partial charge in [-0.05, 0) is 67.4 Å². The van der Waals surface area contributed by atoms with Crippen molar-refractivity contribution in [1.29, 1.82) is 0 Å². The van der Waals surface area contributed by atoms with Gasteiger partial charge in [0.25, 0.3) is 5.91 Å². The number of rotatable bonds is 8. The number of pyridine rings is 1. The van der Waals surface area contributed by atoms with Gasteiger partial charge < -0.3 is 15.0 Å². The topological polar surface area (TPSA) is 60.9 Å². The van der Waals surface area contributed by atoms with Crippen LogP contribution in [0.4, 0.5) is 10.2 Å². The minimum absolute atomic E-state index is 0. The van der Waals surface area contributed by atoms with Crippen LogP contribution in [0.2, 0.25) is 5.02 Å². The van der Waals surface area contributed by atoms with E-state index in [-0.39, 0.29) is 19.7 Å². The first-order valence-corrected chi connectivity index (χ1v) is 13.9. The fourth-order valence-corrected chi connectivity index (χ4v) is 5.74. The molecular weight excluding hydrogens is 517 g/mol. The number of likely N-dealkylation sites (tertiary alicyclic amines) is 1. The number of carbonyl (C=O) groups excluding carboxylic acids is 1. The predicted octanol–water partition coefficient (Wildman–Crippen LogP) is 4.85. The molecule has 0 aliphatic carbocycles. The molecule has 0 atom stereocenters. The number of nitrogens with one attached hydrogen (secondary N) is 1. The van der Waals surface area contributed by atoms with E-state index in [0.717, 1.165) is 51.6 Å². The van der Waals surface area contributed by atoms with Crippen LogP contribution in [0.15, 0.2) is 60.8 Å². The lowest BCUT2D eigenvalue weighted by Gasteiger charge is -2.43. The number of anilines is 1. The maximum atomic E-state index is 13.4. The summed E-state index contributed by atoms with van der Waals surface area (Å²) in [5.74, 6) is 0.994. The van der Waals surface area contributed by atoms with Crippen LogP contribution in [0.25, 0.3) is 0 Å². The van der Waals surface area contributed by atoms with Crippen LogP contribution in [-0.4, -0.2) is 73.1 Å². The maximum Gasteiger partial charge on any atom is 0.253 e. The van der Waals surface area contributed by atoms with Gasteiger partial charge in [-0.3, -0.25) is 14.6 Å². The normalized spacial score (nSPS) is 17.3.